The third-order valence-electron chi connectivity index (χ3n) is 3.77. The molecule has 0 aromatic heterocycles. The Bertz CT molecular complexity index is 248. The molecule has 0 radical (unpaired) electrons. The maximum Gasteiger partial charge on any atom is 0.239 e. The standard InChI is InChI=1S/C13H26N2O.ClH/c1-4-7-13(3,14)11(16)15-10-12(2)8-5-6-9-12;/h4-10,14H2,1-3H3,(H,15,16);1H. The Morgan fingerprint density at radius 2 is 1.94 bits per heavy atom. The monoisotopic (exact) mass is 262 g/mol. The number of rotatable bonds is 5. The fraction of sp³-hybridized carbons (Fsp3) is 0.923. The summed E-state index contributed by atoms with van der Waals surface area (Å²) in [4.78, 5) is 11.9. The van der Waals surface area contributed by atoms with E-state index in [9.17, 15) is 4.79 Å². The van der Waals surface area contributed by atoms with Crippen LogP contribution in [0.2, 0.25) is 0 Å². The first kappa shape index (κ1) is 16.7. The number of hydrogen-bond donors (Lipinski definition) is 2. The zero-order valence-electron chi connectivity index (χ0n) is 11.3. The molecule has 1 unspecified atom stereocenters. The molecule has 1 rings (SSSR count). The maximum absolute atomic E-state index is 11.9. The Balaban J connectivity index is 0.00000256. The van der Waals surface area contributed by atoms with Crippen LogP contribution in [-0.4, -0.2) is 18.0 Å². The van der Waals surface area contributed by atoms with Gasteiger partial charge in [0.1, 0.15) is 0 Å². The minimum absolute atomic E-state index is 0. The SMILES string of the molecule is CCCC(C)(N)C(=O)NCC1(C)CCCC1.Cl. The molecule has 1 aliphatic carbocycles. The number of hydrogen-bond acceptors (Lipinski definition) is 2. The summed E-state index contributed by atoms with van der Waals surface area (Å²) in [6, 6.07) is 0. The van der Waals surface area contributed by atoms with Crippen molar-refractivity contribution in [3.63, 3.8) is 0 Å². The topological polar surface area (TPSA) is 55.1 Å². The van der Waals surface area contributed by atoms with Gasteiger partial charge in [0.15, 0.2) is 0 Å². The smallest absolute Gasteiger partial charge is 0.239 e. The summed E-state index contributed by atoms with van der Waals surface area (Å²) in [7, 11) is 0. The molecular formula is C13H27ClN2O. The van der Waals surface area contributed by atoms with E-state index < -0.39 is 5.54 Å². The molecule has 0 bridgehead atoms. The van der Waals surface area contributed by atoms with Crippen molar-refractivity contribution >= 4 is 18.3 Å². The van der Waals surface area contributed by atoms with Gasteiger partial charge in [-0.3, -0.25) is 4.79 Å². The molecule has 1 fully saturated rings. The van der Waals surface area contributed by atoms with Crippen LogP contribution in [-0.2, 0) is 4.79 Å². The van der Waals surface area contributed by atoms with Crippen molar-refractivity contribution in [2.75, 3.05) is 6.54 Å². The van der Waals surface area contributed by atoms with E-state index in [-0.39, 0.29) is 18.3 Å². The van der Waals surface area contributed by atoms with Gasteiger partial charge in [-0.15, -0.1) is 12.4 Å². The summed E-state index contributed by atoms with van der Waals surface area (Å²) in [6.07, 6.45) is 6.72. The molecule has 0 aliphatic heterocycles. The summed E-state index contributed by atoms with van der Waals surface area (Å²) >= 11 is 0. The molecular weight excluding hydrogens is 236 g/mol. The molecule has 3 nitrogen and oxygen atoms in total. The second-order valence-electron chi connectivity index (χ2n) is 5.87. The third kappa shape index (κ3) is 4.84. The summed E-state index contributed by atoms with van der Waals surface area (Å²) in [5.41, 5.74) is 5.59. The number of amides is 1. The predicted octanol–water partition coefficient (Wildman–Crippen LogP) is 2.62. The summed E-state index contributed by atoms with van der Waals surface area (Å²) < 4.78 is 0. The van der Waals surface area contributed by atoms with Crippen LogP contribution < -0.4 is 11.1 Å². The van der Waals surface area contributed by atoms with Gasteiger partial charge in [0.05, 0.1) is 5.54 Å². The molecule has 3 N–H and O–H groups in total. The second kappa shape index (κ2) is 6.60. The van der Waals surface area contributed by atoms with Gasteiger partial charge >= 0.3 is 0 Å². The molecule has 0 saturated heterocycles. The molecule has 1 saturated carbocycles. The molecule has 1 aliphatic rings. The Kier molecular flexibility index (Phi) is 6.49. The lowest BCUT2D eigenvalue weighted by molar-refractivity contribution is -0.126. The maximum atomic E-state index is 11.9. The van der Waals surface area contributed by atoms with Crippen molar-refractivity contribution in [2.45, 2.75) is 64.8 Å². The first-order valence-electron chi connectivity index (χ1n) is 6.47. The first-order valence-corrected chi connectivity index (χ1v) is 6.47. The highest BCUT2D eigenvalue weighted by Gasteiger charge is 2.32. The second-order valence-corrected chi connectivity index (χ2v) is 5.87. The highest BCUT2D eigenvalue weighted by molar-refractivity contribution is 5.85. The van der Waals surface area contributed by atoms with Gasteiger partial charge in [-0.2, -0.15) is 0 Å². The van der Waals surface area contributed by atoms with Gasteiger partial charge in [0.2, 0.25) is 5.91 Å². The van der Waals surface area contributed by atoms with Gasteiger partial charge in [-0.1, -0.05) is 33.1 Å². The van der Waals surface area contributed by atoms with E-state index in [2.05, 4.69) is 19.2 Å². The molecule has 102 valence electrons. The molecule has 0 spiro atoms. The number of nitrogens with two attached hydrogens (primary N) is 1. The summed E-state index contributed by atoms with van der Waals surface area (Å²) in [5.74, 6) is 0.00229. The number of carbonyl (C=O) groups excluding carboxylic acids is 1. The quantitative estimate of drug-likeness (QED) is 0.800. The van der Waals surface area contributed by atoms with Crippen LogP contribution in [0.5, 0.6) is 0 Å². The number of nitrogens with one attached hydrogen (secondary N) is 1. The summed E-state index contributed by atoms with van der Waals surface area (Å²) in [6.45, 7) is 6.91. The Morgan fingerprint density at radius 3 is 2.41 bits per heavy atom. The molecule has 0 aromatic carbocycles. The van der Waals surface area contributed by atoms with E-state index in [4.69, 9.17) is 5.73 Å². The van der Waals surface area contributed by atoms with Crippen molar-refractivity contribution < 1.29 is 4.79 Å². The van der Waals surface area contributed by atoms with Crippen molar-refractivity contribution in [3.05, 3.63) is 0 Å². The van der Waals surface area contributed by atoms with E-state index in [1.807, 2.05) is 6.92 Å². The van der Waals surface area contributed by atoms with Crippen LogP contribution in [0.4, 0.5) is 0 Å². The Morgan fingerprint density at radius 1 is 1.41 bits per heavy atom. The lowest BCUT2D eigenvalue weighted by Crippen LogP contribution is -2.53. The summed E-state index contributed by atoms with van der Waals surface area (Å²) in [5, 5.41) is 3.03. The van der Waals surface area contributed by atoms with Crippen LogP contribution >= 0.6 is 12.4 Å². The number of halogens is 1. The van der Waals surface area contributed by atoms with E-state index in [1.54, 1.807) is 0 Å². The highest BCUT2D eigenvalue weighted by atomic mass is 35.5. The molecule has 0 aromatic rings. The van der Waals surface area contributed by atoms with Gasteiger partial charge in [-0.05, 0) is 31.6 Å². The minimum Gasteiger partial charge on any atom is -0.354 e. The van der Waals surface area contributed by atoms with E-state index in [0.29, 0.717) is 5.41 Å². The minimum atomic E-state index is -0.705. The molecule has 1 atom stereocenters. The van der Waals surface area contributed by atoms with Crippen molar-refractivity contribution in [2.24, 2.45) is 11.1 Å². The van der Waals surface area contributed by atoms with Gasteiger partial charge in [0.25, 0.3) is 0 Å². The van der Waals surface area contributed by atoms with Crippen LogP contribution in [0.15, 0.2) is 0 Å². The fourth-order valence-electron chi connectivity index (χ4n) is 2.53. The van der Waals surface area contributed by atoms with E-state index in [0.717, 1.165) is 19.4 Å². The lowest BCUT2D eigenvalue weighted by Gasteiger charge is -2.28. The first-order chi connectivity index (χ1) is 7.40. The normalized spacial score (nSPS) is 21.4. The highest BCUT2D eigenvalue weighted by Crippen LogP contribution is 2.36. The number of carbonyl (C=O) groups is 1. The predicted molar refractivity (Wildman–Crippen MR) is 74.3 cm³/mol. The largest absolute Gasteiger partial charge is 0.354 e. The third-order valence-corrected chi connectivity index (χ3v) is 3.77. The molecule has 1 amide bonds. The average Bonchev–Trinajstić information content (AvgIpc) is 2.62. The molecule has 17 heavy (non-hydrogen) atoms. The van der Waals surface area contributed by atoms with Crippen molar-refractivity contribution in [1.29, 1.82) is 0 Å². The Labute approximate surface area is 111 Å². The van der Waals surface area contributed by atoms with Crippen LogP contribution in [0.3, 0.4) is 0 Å². The van der Waals surface area contributed by atoms with Gasteiger partial charge < -0.3 is 11.1 Å². The zero-order valence-corrected chi connectivity index (χ0v) is 12.2. The van der Waals surface area contributed by atoms with Crippen LogP contribution in [0.25, 0.3) is 0 Å². The lowest BCUT2D eigenvalue weighted by atomic mass is 9.88. The van der Waals surface area contributed by atoms with Crippen molar-refractivity contribution in [3.8, 4) is 0 Å². The van der Waals surface area contributed by atoms with Gasteiger partial charge in [0, 0.05) is 6.54 Å². The fourth-order valence-corrected chi connectivity index (χ4v) is 2.53. The van der Waals surface area contributed by atoms with E-state index in [1.165, 1.54) is 25.7 Å². The Hall–Kier alpha value is -0.280. The van der Waals surface area contributed by atoms with Crippen LogP contribution in [0.1, 0.15) is 59.3 Å². The molecule has 0 heterocycles. The molecule has 4 heteroatoms. The van der Waals surface area contributed by atoms with E-state index >= 15 is 0 Å². The average molecular weight is 263 g/mol. The zero-order chi connectivity index (χ0) is 12.2. The van der Waals surface area contributed by atoms with Gasteiger partial charge in [-0.25, -0.2) is 0 Å². The van der Waals surface area contributed by atoms with Crippen molar-refractivity contribution in [1.82, 2.24) is 5.32 Å². The van der Waals surface area contributed by atoms with Crippen LogP contribution in [0, 0.1) is 5.41 Å².